The first-order valence-corrected chi connectivity index (χ1v) is 7.15. The fourth-order valence-electron chi connectivity index (χ4n) is 1.97. The van der Waals surface area contributed by atoms with Crippen LogP contribution in [0.25, 0.3) is 0 Å². The molecule has 0 radical (unpaired) electrons. The first-order valence-electron chi connectivity index (χ1n) is 7.15. The van der Waals surface area contributed by atoms with E-state index in [1.165, 1.54) is 6.92 Å². The molecule has 5 nitrogen and oxygen atoms in total. The second-order valence-electron chi connectivity index (χ2n) is 4.97. The van der Waals surface area contributed by atoms with Crippen LogP contribution in [0.2, 0.25) is 0 Å². The number of Topliss-reactive ketones (excluding diaryl/α,β-unsaturated/α-hetero) is 1. The number of nitrogens with one attached hydrogen (secondary N) is 2. The molecule has 1 aromatic carbocycles. The highest BCUT2D eigenvalue weighted by molar-refractivity contribution is 5.97. The molecule has 0 saturated heterocycles. The highest BCUT2D eigenvalue weighted by Gasteiger charge is 2.04. The third kappa shape index (κ3) is 5.10. The second kappa shape index (κ2) is 8.05. The van der Waals surface area contributed by atoms with Crippen molar-refractivity contribution in [3.05, 3.63) is 59.9 Å². The molecule has 2 rings (SSSR count). The minimum absolute atomic E-state index is 0.0184. The Morgan fingerprint density at radius 3 is 2.64 bits per heavy atom. The first-order chi connectivity index (χ1) is 10.6. The van der Waals surface area contributed by atoms with Crippen LogP contribution in [-0.2, 0) is 11.3 Å². The lowest BCUT2D eigenvalue weighted by molar-refractivity contribution is -0.116. The van der Waals surface area contributed by atoms with E-state index in [-0.39, 0.29) is 11.7 Å². The summed E-state index contributed by atoms with van der Waals surface area (Å²) < 4.78 is 0. The van der Waals surface area contributed by atoms with Gasteiger partial charge in [0.15, 0.2) is 5.78 Å². The number of rotatable bonds is 7. The summed E-state index contributed by atoms with van der Waals surface area (Å²) in [6, 6.07) is 10.8. The minimum Gasteiger partial charge on any atom is -0.326 e. The molecule has 0 saturated carbocycles. The fraction of sp³-hybridized carbons (Fsp3) is 0.235. The van der Waals surface area contributed by atoms with Crippen LogP contribution in [0.4, 0.5) is 5.69 Å². The molecule has 5 heteroatoms. The van der Waals surface area contributed by atoms with Crippen LogP contribution in [0.1, 0.15) is 29.3 Å². The summed E-state index contributed by atoms with van der Waals surface area (Å²) in [5.74, 6) is -0.0990. The van der Waals surface area contributed by atoms with Gasteiger partial charge >= 0.3 is 0 Å². The SMILES string of the molecule is CC(=O)c1cccc(NC(=O)CCNCc2ccncc2)c1. The first kappa shape index (κ1) is 15.9. The van der Waals surface area contributed by atoms with E-state index in [0.29, 0.717) is 30.8 Å². The van der Waals surface area contributed by atoms with Crippen LogP contribution in [0, 0.1) is 0 Å². The number of amides is 1. The van der Waals surface area contributed by atoms with Gasteiger partial charge in [-0.3, -0.25) is 14.6 Å². The molecule has 114 valence electrons. The van der Waals surface area contributed by atoms with Gasteiger partial charge in [0.1, 0.15) is 0 Å². The molecule has 1 heterocycles. The van der Waals surface area contributed by atoms with Crippen molar-refractivity contribution >= 4 is 17.4 Å². The van der Waals surface area contributed by atoms with E-state index in [0.717, 1.165) is 5.56 Å². The molecule has 0 aliphatic rings. The van der Waals surface area contributed by atoms with Gasteiger partial charge in [0, 0.05) is 43.2 Å². The summed E-state index contributed by atoms with van der Waals surface area (Å²) in [4.78, 5) is 27.1. The lowest BCUT2D eigenvalue weighted by Gasteiger charge is -2.07. The number of carbonyl (C=O) groups excluding carboxylic acids is 2. The predicted octanol–water partition coefficient (Wildman–Crippen LogP) is 2.40. The highest BCUT2D eigenvalue weighted by atomic mass is 16.1. The van der Waals surface area contributed by atoms with Gasteiger partial charge in [0.05, 0.1) is 0 Å². The van der Waals surface area contributed by atoms with Crippen molar-refractivity contribution < 1.29 is 9.59 Å². The summed E-state index contributed by atoms with van der Waals surface area (Å²) in [6.07, 6.45) is 3.85. The summed E-state index contributed by atoms with van der Waals surface area (Å²) in [6.45, 7) is 2.79. The molecule has 0 aliphatic heterocycles. The highest BCUT2D eigenvalue weighted by Crippen LogP contribution is 2.11. The Morgan fingerprint density at radius 1 is 1.14 bits per heavy atom. The van der Waals surface area contributed by atoms with Crippen LogP contribution in [0.3, 0.4) is 0 Å². The van der Waals surface area contributed by atoms with E-state index < -0.39 is 0 Å². The number of ketones is 1. The maximum atomic E-state index is 11.9. The van der Waals surface area contributed by atoms with Gasteiger partial charge in [-0.1, -0.05) is 12.1 Å². The zero-order chi connectivity index (χ0) is 15.8. The van der Waals surface area contributed by atoms with Crippen LogP contribution in [-0.4, -0.2) is 23.2 Å². The molecule has 0 aliphatic carbocycles. The van der Waals surface area contributed by atoms with Gasteiger partial charge in [0.2, 0.25) is 5.91 Å². The fourth-order valence-corrected chi connectivity index (χ4v) is 1.97. The van der Waals surface area contributed by atoms with E-state index in [4.69, 9.17) is 0 Å². The minimum atomic E-state index is -0.0806. The van der Waals surface area contributed by atoms with Gasteiger partial charge in [-0.05, 0) is 36.8 Å². The van der Waals surface area contributed by atoms with E-state index >= 15 is 0 Å². The number of pyridine rings is 1. The van der Waals surface area contributed by atoms with Crippen LogP contribution < -0.4 is 10.6 Å². The Kier molecular flexibility index (Phi) is 5.80. The molecule has 2 N–H and O–H groups in total. The van der Waals surface area contributed by atoms with Gasteiger partial charge in [-0.25, -0.2) is 0 Å². The molecule has 0 atom stereocenters. The van der Waals surface area contributed by atoms with Gasteiger partial charge < -0.3 is 10.6 Å². The number of carbonyl (C=O) groups is 2. The maximum absolute atomic E-state index is 11.9. The van der Waals surface area contributed by atoms with E-state index in [1.54, 1.807) is 36.7 Å². The molecule has 0 unspecified atom stereocenters. The molecule has 2 aromatic rings. The zero-order valence-corrected chi connectivity index (χ0v) is 12.5. The topological polar surface area (TPSA) is 71.1 Å². The maximum Gasteiger partial charge on any atom is 0.225 e. The van der Waals surface area contributed by atoms with Crippen molar-refractivity contribution in [2.45, 2.75) is 19.9 Å². The average molecular weight is 297 g/mol. The number of nitrogens with zero attached hydrogens (tertiary/aromatic N) is 1. The summed E-state index contributed by atoms with van der Waals surface area (Å²) >= 11 is 0. The van der Waals surface area contributed by atoms with Crippen molar-refractivity contribution in [2.24, 2.45) is 0 Å². The predicted molar refractivity (Wildman–Crippen MR) is 85.6 cm³/mol. The standard InChI is InChI=1S/C17H19N3O2/c1-13(21)15-3-2-4-16(11-15)20-17(22)7-10-19-12-14-5-8-18-9-6-14/h2-6,8-9,11,19H,7,10,12H2,1H3,(H,20,22). The van der Waals surface area contributed by atoms with Crippen molar-refractivity contribution in [3.8, 4) is 0 Å². The Bertz CT molecular complexity index is 641. The normalized spacial score (nSPS) is 10.2. The molecule has 22 heavy (non-hydrogen) atoms. The van der Waals surface area contributed by atoms with Gasteiger partial charge in [-0.2, -0.15) is 0 Å². The van der Waals surface area contributed by atoms with Crippen molar-refractivity contribution in [1.29, 1.82) is 0 Å². The second-order valence-corrected chi connectivity index (χ2v) is 4.97. The molecule has 1 aromatic heterocycles. The Hall–Kier alpha value is -2.53. The summed E-state index contributed by atoms with van der Waals surface area (Å²) in [5.41, 5.74) is 2.37. The van der Waals surface area contributed by atoms with E-state index in [1.807, 2.05) is 12.1 Å². The summed E-state index contributed by atoms with van der Waals surface area (Å²) in [7, 11) is 0. The number of anilines is 1. The Balaban J connectivity index is 1.74. The number of benzene rings is 1. The van der Waals surface area contributed by atoms with Gasteiger partial charge in [-0.15, -0.1) is 0 Å². The molecule has 1 amide bonds. The quantitative estimate of drug-likeness (QED) is 0.608. The molecule has 0 bridgehead atoms. The molecule has 0 spiro atoms. The van der Waals surface area contributed by atoms with Crippen molar-refractivity contribution in [1.82, 2.24) is 10.3 Å². The zero-order valence-electron chi connectivity index (χ0n) is 12.5. The number of hydrogen-bond donors (Lipinski definition) is 2. The number of hydrogen-bond acceptors (Lipinski definition) is 4. The van der Waals surface area contributed by atoms with Crippen LogP contribution in [0.5, 0.6) is 0 Å². The molecular weight excluding hydrogens is 278 g/mol. The lowest BCUT2D eigenvalue weighted by Crippen LogP contribution is -2.21. The van der Waals surface area contributed by atoms with Crippen LogP contribution in [0.15, 0.2) is 48.8 Å². The van der Waals surface area contributed by atoms with Crippen molar-refractivity contribution in [3.63, 3.8) is 0 Å². The number of aromatic nitrogens is 1. The molecule has 0 fully saturated rings. The smallest absolute Gasteiger partial charge is 0.225 e. The van der Waals surface area contributed by atoms with Crippen LogP contribution >= 0.6 is 0 Å². The molecular formula is C17H19N3O2. The average Bonchev–Trinajstić information content (AvgIpc) is 2.53. The summed E-state index contributed by atoms with van der Waals surface area (Å²) in [5, 5.41) is 6.00. The van der Waals surface area contributed by atoms with Gasteiger partial charge in [0.25, 0.3) is 0 Å². The largest absolute Gasteiger partial charge is 0.326 e. The van der Waals surface area contributed by atoms with Crippen molar-refractivity contribution in [2.75, 3.05) is 11.9 Å². The Labute approximate surface area is 129 Å². The monoisotopic (exact) mass is 297 g/mol. The third-order valence-electron chi connectivity index (χ3n) is 3.16. The lowest BCUT2D eigenvalue weighted by atomic mass is 10.1. The third-order valence-corrected chi connectivity index (χ3v) is 3.16. The van der Waals surface area contributed by atoms with E-state index in [2.05, 4.69) is 15.6 Å². The Morgan fingerprint density at radius 2 is 1.91 bits per heavy atom. The van der Waals surface area contributed by atoms with E-state index in [9.17, 15) is 9.59 Å².